The third kappa shape index (κ3) is 5.99. The van der Waals surface area contributed by atoms with E-state index in [2.05, 4.69) is 20.7 Å². The molecule has 1 unspecified atom stereocenters. The molecule has 0 bridgehead atoms. The van der Waals surface area contributed by atoms with Gasteiger partial charge in [0.25, 0.3) is 5.91 Å². The van der Waals surface area contributed by atoms with E-state index >= 15 is 0 Å². The Labute approximate surface area is 129 Å². The van der Waals surface area contributed by atoms with E-state index in [0.29, 0.717) is 13.0 Å². The number of carbonyl (C=O) groups excluding carboxylic acids is 2. The van der Waals surface area contributed by atoms with Crippen LogP contribution >= 0.6 is 11.6 Å². The van der Waals surface area contributed by atoms with Crippen molar-refractivity contribution in [1.82, 2.24) is 15.8 Å². The molecule has 1 atom stereocenters. The lowest BCUT2D eigenvalue weighted by Gasteiger charge is -2.23. The lowest BCUT2D eigenvalue weighted by molar-refractivity contribution is -0.130. The summed E-state index contributed by atoms with van der Waals surface area (Å²) in [6, 6.07) is 5.74. The SMILES string of the molecule is CCN(CCC(C)C(=O)NNC(=O)CCl)c1ccccn1. The minimum atomic E-state index is -0.430. The second-order valence-corrected chi connectivity index (χ2v) is 4.90. The first-order chi connectivity index (χ1) is 10.1. The number of hydrogen-bond acceptors (Lipinski definition) is 4. The van der Waals surface area contributed by atoms with Crippen molar-refractivity contribution < 1.29 is 9.59 Å². The minimum Gasteiger partial charge on any atom is -0.357 e. The zero-order valence-electron chi connectivity index (χ0n) is 12.3. The van der Waals surface area contributed by atoms with E-state index in [1.54, 1.807) is 6.20 Å². The molecule has 1 heterocycles. The summed E-state index contributed by atoms with van der Waals surface area (Å²) in [6.07, 6.45) is 2.41. The van der Waals surface area contributed by atoms with Gasteiger partial charge in [0.1, 0.15) is 11.7 Å². The third-order valence-electron chi connectivity index (χ3n) is 3.08. The van der Waals surface area contributed by atoms with Crippen molar-refractivity contribution in [2.24, 2.45) is 5.92 Å². The van der Waals surface area contributed by atoms with E-state index < -0.39 is 5.91 Å². The van der Waals surface area contributed by atoms with E-state index in [1.165, 1.54) is 0 Å². The van der Waals surface area contributed by atoms with Gasteiger partial charge in [0, 0.05) is 25.2 Å². The Morgan fingerprint density at radius 3 is 2.71 bits per heavy atom. The van der Waals surface area contributed by atoms with Crippen LogP contribution in [0, 0.1) is 5.92 Å². The van der Waals surface area contributed by atoms with Gasteiger partial charge >= 0.3 is 0 Å². The molecule has 2 amide bonds. The molecule has 0 aliphatic heterocycles. The van der Waals surface area contributed by atoms with Crippen molar-refractivity contribution >= 4 is 29.2 Å². The van der Waals surface area contributed by atoms with E-state index in [1.807, 2.05) is 32.0 Å². The average molecular weight is 313 g/mol. The number of hydrazine groups is 1. The molecule has 21 heavy (non-hydrogen) atoms. The highest BCUT2D eigenvalue weighted by Gasteiger charge is 2.15. The summed E-state index contributed by atoms with van der Waals surface area (Å²) >= 11 is 5.33. The molecule has 1 aromatic rings. The van der Waals surface area contributed by atoms with Crippen LogP contribution in [0.4, 0.5) is 5.82 Å². The van der Waals surface area contributed by atoms with E-state index in [4.69, 9.17) is 11.6 Å². The molecule has 0 saturated carbocycles. The van der Waals surface area contributed by atoms with Crippen molar-refractivity contribution in [3.63, 3.8) is 0 Å². The molecule has 0 radical (unpaired) electrons. The van der Waals surface area contributed by atoms with Crippen molar-refractivity contribution in [2.75, 3.05) is 23.9 Å². The summed E-state index contributed by atoms with van der Waals surface area (Å²) in [4.78, 5) is 29.2. The normalized spacial score (nSPS) is 11.6. The molecule has 0 fully saturated rings. The smallest absolute Gasteiger partial charge is 0.253 e. The quantitative estimate of drug-likeness (QED) is 0.588. The van der Waals surface area contributed by atoms with Crippen LogP contribution in [0.25, 0.3) is 0 Å². The van der Waals surface area contributed by atoms with Crippen LogP contribution in [0.15, 0.2) is 24.4 Å². The highest BCUT2D eigenvalue weighted by molar-refractivity contribution is 6.27. The molecule has 0 aliphatic rings. The number of hydrogen-bond donors (Lipinski definition) is 2. The number of alkyl halides is 1. The number of anilines is 1. The number of carbonyl (C=O) groups is 2. The Morgan fingerprint density at radius 2 is 2.14 bits per heavy atom. The Morgan fingerprint density at radius 1 is 1.38 bits per heavy atom. The fourth-order valence-electron chi connectivity index (χ4n) is 1.74. The monoisotopic (exact) mass is 312 g/mol. The van der Waals surface area contributed by atoms with Crippen LogP contribution in [0.2, 0.25) is 0 Å². The van der Waals surface area contributed by atoms with Gasteiger partial charge in [0.05, 0.1) is 0 Å². The van der Waals surface area contributed by atoms with Crippen LogP contribution < -0.4 is 15.8 Å². The molecule has 116 valence electrons. The molecule has 2 N–H and O–H groups in total. The number of amides is 2. The van der Waals surface area contributed by atoms with Crippen LogP contribution in [-0.4, -0.2) is 35.8 Å². The zero-order valence-corrected chi connectivity index (χ0v) is 13.1. The third-order valence-corrected chi connectivity index (χ3v) is 3.32. The summed E-state index contributed by atoms with van der Waals surface area (Å²) in [6.45, 7) is 5.38. The summed E-state index contributed by atoms with van der Waals surface area (Å²) in [5, 5.41) is 0. The highest BCUT2D eigenvalue weighted by Crippen LogP contribution is 2.11. The van der Waals surface area contributed by atoms with Gasteiger partial charge in [0.2, 0.25) is 5.91 Å². The van der Waals surface area contributed by atoms with E-state index in [-0.39, 0.29) is 17.7 Å². The Bertz CT molecular complexity index is 456. The van der Waals surface area contributed by atoms with Crippen molar-refractivity contribution in [2.45, 2.75) is 20.3 Å². The van der Waals surface area contributed by atoms with Crippen LogP contribution in [-0.2, 0) is 9.59 Å². The van der Waals surface area contributed by atoms with Crippen LogP contribution in [0.5, 0.6) is 0 Å². The van der Waals surface area contributed by atoms with Crippen molar-refractivity contribution in [3.05, 3.63) is 24.4 Å². The molecule has 0 spiro atoms. The van der Waals surface area contributed by atoms with Gasteiger partial charge in [-0.25, -0.2) is 4.98 Å². The van der Waals surface area contributed by atoms with Crippen LogP contribution in [0.3, 0.4) is 0 Å². The average Bonchev–Trinajstić information content (AvgIpc) is 2.53. The first-order valence-electron chi connectivity index (χ1n) is 6.89. The van der Waals surface area contributed by atoms with Gasteiger partial charge in [-0.3, -0.25) is 20.4 Å². The van der Waals surface area contributed by atoms with E-state index in [0.717, 1.165) is 12.4 Å². The number of pyridine rings is 1. The first-order valence-corrected chi connectivity index (χ1v) is 7.42. The number of rotatable bonds is 7. The molecule has 0 saturated heterocycles. The predicted octanol–water partition coefficient (Wildman–Crippen LogP) is 1.32. The van der Waals surface area contributed by atoms with Gasteiger partial charge in [-0.2, -0.15) is 0 Å². The molecule has 7 heteroatoms. The number of nitrogens with zero attached hydrogens (tertiary/aromatic N) is 2. The molecular formula is C14H21ClN4O2. The fraction of sp³-hybridized carbons (Fsp3) is 0.500. The number of halogens is 1. The fourth-order valence-corrected chi connectivity index (χ4v) is 1.81. The van der Waals surface area contributed by atoms with Crippen LogP contribution in [0.1, 0.15) is 20.3 Å². The minimum absolute atomic E-state index is 0.183. The van der Waals surface area contributed by atoms with Gasteiger partial charge in [0.15, 0.2) is 0 Å². The van der Waals surface area contributed by atoms with Gasteiger partial charge in [-0.05, 0) is 25.5 Å². The molecule has 1 rings (SSSR count). The maximum absolute atomic E-state index is 11.8. The molecule has 0 aromatic carbocycles. The first kappa shape index (κ1) is 17.2. The molecular weight excluding hydrogens is 292 g/mol. The van der Waals surface area contributed by atoms with Crippen molar-refractivity contribution in [1.29, 1.82) is 0 Å². The van der Waals surface area contributed by atoms with Gasteiger partial charge < -0.3 is 4.90 Å². The Kier molecular flexibility index (Phi) is 7.53. The van der Waals surface area contributed by atoms with Gasteiger partial charge in [-0.15, -0.1) is 11.6 Å². The summed E-state index contributed by atoms with van der Waals surface area (Å²) < 4.78 is 0. The van der Waals surface area contributed by atoms with E-state index in [9.17, 15) is 9.59 Å². The second kappa shape index (κ2) is 9.18. The second-order valence-electron chi connectivity index (χ2n) is 4.63. The summed E-state index contributed by atoms with van der Waals surface area (Å²) in [7, 11) is 0. The largest absolute Gasteiger partial charge is 0.357 e. The van der Waals surface area contributed by atoms with Gasteiger partial charge in [-0.1, -0.05) is 13.0 Å². The van der Waals surface area contributed by atoms with Crippen molar-refractivity contribution in [3.8, 4) is 0 Å². The predicted molar refractivity (Wildman–Crippen MR) is 82.9 cm³/mol. The Hall–Kier alpha value is -1.82. The topological polar surface area (TPSA) is 74.3 Å². The maximum atomic E-state index is 11.8. The maximum Gasteiger partial charge on any atom is 0.253 e. The standard InChI is InChI=1S/C14H21ClN4O2/c1-3-19(12-6-4-5-8-16-12)9-7-11(2)14(21)18-17-13(20)10-15/h4-6,8,11H,3,7,9-10H2,1-2H3,(H,17,20)(H,18,21). The Balaban J connectivity index is 2.42. The zero-order chi connectivity index (χ0) is 15.7. The molecule has 1 aromatic heterocycles. The summed E-state index contributed by atoms with van der Waals surface area (Å²) in [5.41, 5.74) is 4.61. The highest BCUT2D eigenvalue weighted by atomic mass is 35.5. The number of nitrogens with one attached hydrogen (secondary N) is 2. The summed E-state index contributed by atoms with van der Waals surface area (Å²) in [5.74, 6) is -0.175. The lowest BCUT2D eigenvalue weighted by atomic mass is 10.1. The molecule has 6 nitrogen and oxygen atoms in total. The number of aromatic nitrogens is 1. The lowest BCUT2D eigenvalue weighted by Crippen LogP contribution is -2.45. The molecule has 0 aliphatic carbocycles.